The predicted octanol–water partition coefficient (Wildman–Crippen LogP) is 7.10. The summed E-state index contributed by atoms with van der Waals surface area (Å²) in [5.41, 5.74) is 1.79. The first-order valence-corrected chi connectivity index (χ1v) is 8.81. The Hall–Kier alpha value is -0.260. The van der Waals surface area contributed by atoms with Crippen LogP contribution in [0.4, 0.5) is 0 Å². The first kappa shape index (κ1) is 19.7. The van der Waals surface area contributed by atoms with E-state index in [-0.39, 0.29) is 0 Å². The van der Waals surface area contributed by atoms with Gasteiger partial charge in [0.1, 0.15) is 0 Å². The Balaban J connectivity index is 4.56. The highest BCUT2D eigenvalue weighted by atomic mass is 14.4. The highest BCUT2D eigenvalue weighted by molar-refractivity contribution is 4.90. The summed E-state index contributed by atoms with van der Waals surface area (Å²) in [7, 11) is 0. The quantitative estimate of drug-likeness (QED) is 0.374. The van der Waals surface area contributed by atoms with Crippen molar-refractivity contribution in [2.24, 2.45) is 29.1 Å². The maximum absolute atomic E-state index is 4.08. The third-order valence-corrected chi connectivity index (χ3v) is 5.82. The van der Waals surface area contributed by atoms with Crippen LogP contribution in [0.3, 0.4) is 0 Å². The van der Waals surface area contributed by atoms with Crippen molar-refractivity contribution in [1.82, 2.24) is 0 Å². The molecule has 0 fully saturated rings. The van der Waals surface area contributed by atoms with Gasteiger partial charge in [-0.1, -0.05) is 73.3 Å². The van der Waals surface area contributed by atoms with Gasteiger partial charge in [-0.25, -0.2) is 0 Å². The van der Waals surface area contributed by atoms with E-state index in [0.29, 0.717) is 5.41 Å². The van der Waals surface area contributed by atoms with E-state index < -0.39 is 0 Å². The van der Waals surface area contributed by atoms with Gasteiger partial charge in [-0.3, -0.25) is 0 Å². The van der Waals surface area contributed by atoms with E-state index in [1.54, 1.807) is 0 Å². The Bertz CT molecular complexity index is 272. The Morgan fingerprint density at radius 1 is 1.00 bits per heavy atom. The SMILES string of the molecule is C=C(C)CC(CC)CCC(C)C(CC)C(C)(C)C(C)C. The molecule has 3 atom stereocenters. The minimum atomic E-state index is 0.449. The molecule has 20 heavy (non-hydrogen) atoms. The molecule has 0 aliphatic heterocycles. The van der Waals surface area contributed by atoms with E-state index >= 15 is 0 Å². The smallest absolute Gasteiger partial charge is 0.0297 e. The fourth-order valence-electron chi connectivity index (χ4n) is 3.73. The average Bonchev–Trinajstić information content (AvgIpc) is 2.34. The number of allylic oxidation sites excluding steroid dienone is 1. The summed E-state index contributed by atoms with van der Waals surface area (Å²) < 4.78 is 0. The zero-order chi connectivity index (χ0) is 15.9. The molecule has 120 valence electrons. The standard InChI is InChI=1S/C20H40/c1-10-18(14-15(3)4)13-12-17(7)19(11-2)20(8,9)16(5)6/h16-19H,3,10-14H2,1-2,4-9H3. The third-order valence-electron chi connectivity index (χ3n) is 5.82. The molecule has 0 heteroatoms. The molecule has 0 radical (unpaired) electrons. The molecule has 0 aliphatic rings. The van der Waals surface area contributed by atoms with E-state index in [1.807, 2.05) is 0 Å². The molecule has 0 saturated heterocycles. The van der Waals surface area contributed by atoms with Crippen LogP contribution in [0.1, 0.15) is 87.5 Å². The highest BCUT2D eigenvalue weighted by Gasteiger charge is 2.34. The van der Waals surface area contributed by atoms with E-state index in [9.17, 15) is 0 Å². The predicted molar refractivity (Wildman–Crippen MR) is 94.0 cm³/mol. The molecular weight excluding hydrogens is 240 g/mol. The van der Waals surface area contributed by atoms with Crippen LogP contribution >= 0.6 is 0 Å². The lowest BCUT2D eigenvalue weighted by atomic mass is 9.64. The van der Waals surface area contributed by atoms with E-state index in [0.717, 1.165) is 23.7 Å². The maximum atomic E-state index is 4.08. The van der Waals surface area contributed by atoms with E-state index in [1.165, 1.54) is 37.7 Å². The second kappa shape index (κ2) is 8.90. The fourth-order valence-corrected chi connectivity index (χ4v) is 3.73. The lowest BCUT2D eigenvalue weighted by Gasteiger charge is -2.41. The van der Waals surface area contributed by atoms with Crippen molar-refractivity contribution in [3.63, 3.8) is 0 Å². The van der Waals surface area contributed by atoms with Gasteiger partial charge in [0, 0.05) is 0 Å². The number of hydrogen-bond donors (Lipinski definition) is 0. The van der Waals surface area contributed by atoms with Crippen molar-refractivity contribution >= 4 is 0 Å². The molecule has 0 heterocycles. The van der Waals surface area contributed by atoms with Crippen LogP contribution in [0, 0.1) is 29.1 Å². The van der Waals surface area contributed by atoms with Gasteiger partial charge < -0.3 is 0 Å². The monoisotopic (exact) mass is 280 g/mol. The Labute approximate surface area is 129 Å². The Morgan fingerprint density at radius 2 is 1.55 bits per heavy atom. The van der Waals surface area contributed by atoms with E-state index in [2.05, 4.69) is 62.0 Å². The van der Waals surface area contributed by atoms with Gasteiger partial charge in [-0.2, -0.15) is 0 Å². The number of hydrogen-bond acceptors (Lipinski definition) is 0. The summed E-state index contributed by atoms with van der Waals surface area (Å²) in [6, 6.07) is 0. The normalized spacial score (nSPS) is 17.1. The molecule has 0 rings (SSSR count). The third kappa shape index (κ3) is 6.02. The molecule has 0 bridgehead atoms. The van der Waals surface area contributed by atoms with Gasteiger partial charge in [-0.05, 0) is 48.9 Å². The minimum Gasteiger partial charge on any atom is -0.100 e. The zero-order valence-corrected chi connectivity index (χ0v) is 15.6. The average molecular weight is 281 g/mol. The topological polar surface area (TPSA) is 0 Å². The van der Waals surface area contributed by atoms with Crippen LogP contribution in [0.15, 0.2) is 12.2 Å². The number of rotatable bonds is 10. The molecule has 3 unspecified atom stereocenters. The van der Waals surface area contributed by atoms with Crippen molar-refractivity contribution in [3.05, 3.63) is 12.2 Å². The summed E-state index contributed by atoms with van der Waals surface area (Å²) >= 11 is 0. The highest BCUT2D eigenvalue weighted by Crippen LogP contribution is 2.43. The maximum Gasteiger partial charge on any atom is -0.0297 e. The van der Waals surface area contributed by atoms with Crippen molar-refractivity contribution in [2.45, 2.75) is 87.5 Å². The summed E-state index contributed by atoms with van der Waals surface area (Å²) in [5.74, 6) is 3.27. The Morgan fingerprint density at radius 3 is 1.90 bits per heavy atom. The van der Waals surface area contributed by atoms with Gasteiger partial charge in [0.15, 0.2) is 0 Å². The van der Waals surface area contributed by atoms with Gasteiger partial charge in [0.25, 0.3) is 0 Å². The van der Waals surface area contributed by atoms with Crippen LogP contribution in [0.2, 0.25) is 0 Å². The largest absolute Gasteiger partial charge is 0.100 e. The van der Waals surface area contributed by atoms with Gasteiger partial charge in [0.05, 0.1) is 0 Å². The molecule has 0 amide bonds. The summed E-state index contributed by atoms with van der Waals surface area (Å²) in [5, 5.41) is 0. The van der Waals surface area contributed by atoms with Crippen LogP contribution in [-0.4, -0.2) is 0 Å². The molecule has 0 aromatic heterocycles. The summed E-state index contributed by atoms with van der Waals surface area (Å²) in [6.45, 7) is 23.1. The van der Waals surface area contributed by atoms with Gasteiger partial charge >= 0.3 is 0 Å². The van der Waals surface area contributed by atoms with Crippen molar-refractivity contribution in [1.29, 1.82) is 0 Å². The lowest BCUT2D eigenvalue weighted by Crippen LogP contribution is -2.33. The molecule has 0 aromatic carbocycles. The second-order valence-corrected chi connectivity index (χ2v) is 7.98. The molecule has 0 spiro atoms. The van der Waals surface area contributed by atoms with Gasteiger partial charge in [-0.15, -0.1) is 6.58 Å². The summed E-state index contributed by atoms with van der Waals surface area (Å²) in [6.07, 6.45) is 6.57. The first-order chi connectivity index (χ1) is 9.16. The minimum absolute atomic E-state index is 0.449. The first-order valence-electron chi connectivity index (χ1n) is 8.81. The molecular formula is C20H40. The van der Waals surface area contributed by atoms with Crippen LogP contribution < -0.4 is 0 Å². The summed E-state index contributed by atoms with van der Waals surface area (Å²) in [4.78, 5) is 0. The lowest BCUT2D eigenvalue weighted by molar-refractivity contribution is 0.0799. The van der Waals surface area contributed by atoms with Crippen molar-refractivity contribution < 1.29 is 0 Å². The van der Waals surface area contributed by atoms with E-state index in [4.69, 9.17) is 0 Å². The van der Waals surface area contributed by atoms with Crippen LogP contribution in [-0.2, 0) is 0 Å². The van der Waals surface area contributed by atoms with Gasteiger partial charge in [0.2, 0.25) is 0 Å². The van der Waals surface area contributed by atoms with Crippen molar-refractivity contribution in [3.8, 4) is 0 Å². The molecule has 0 N–H and O–H groups in total. The molecule has 0 aromatic rings. The van der Waals surface area contributed by atoms with Crippen molar-refractivity contribution in [2.75, 3.05) is 0 Å². The fraction of sp³-hybridized carbons (Fsp3) is 0.900. The zero-order valence-electron chi connectivity index (χ0n) is 15.6. The van der Waals surface area contributed by atoms with Crippen LogP contribution in [0.25, 0.3) is 0 Å². The second-order valence-electron chi connectivity index (χ2n) is 7.98. The molecule has 0 nitrogen and oxygen atoms in total. The Kier molecular flexibility index (Phi) is 8.79. The van der Waals surface area contributed by atoms with Crippen LogP contribution in [0.5, 0.6) is 0 Å². The molecule has 0 saturated carbocycles. The molecule has 0 aliphatic carbocycles.